The van der Waals surface area contributed by atoms with Crippen molar-refractivity contribution in [3.8, 4) is 0 Å². The third-order valence-corrected chi connectivity index (χ3v) is 4.60. The van der Waals surface area contributed by atoms with Crippen molar-refractivity contribution < 1.29 is 14.1 Å². The molecule has 1 aromatic heterocycles. The summed E-state index contributed by atoms with van der Waals surface area (Å²) in [6, 6.07) is 7.43. The Morgan fingerprint density at radius 1 is 1.22 bits per heavy atom. The van der Waals surface area contributed by atoms with Gasteiger partial charge in [0, 0.05) is 11.9 Å². The molecule has 27 heavy (non-hydrogen) atoms. The van der Waals surface area contributed by atoms with E-state index in [-0.39, 0.29) is 24.8 Å². The lowest BCUT2D eigenvalue weighted by molar-refractivity contribution is -0.129. The Hall–Kier alpha value is -3.35. The van der Waals surface area contributed by atoms with Gasteiger partial charge in [-0.2, -0.15) is 4.99 Å². The van der Waals surface area contributed by atoms with Gasteiger partial charge in [-0.1, -0.05) is 35.5 Å². The number of aromatic nitrogens is 1. The zero-order valence-electron chi connectivity index (χ0n) is 14.8. The van der Waals surface area contributed by atoms with Crippen molar-refractivity contribution in [2.45, 2.75) is 13.3 Å². The Bertz CT molecular complexity index is 1030. The zero-order valence-corrected chi connectivity index (χ0v) is 14.8. The van der Waals surface area contributed by atoms with Gasteiger partial charge < -0.3 is 9.42 Å². The van der Waals surface area contributed by atoms with Gasteiger partial charge in [-0.05, 0) is 25.1 Å². The first-order chi connectivity index (χ1) is 13.2. The van der Waals surface area contributed by atoms with Crippen LogP contribution in [0.15, 0.2) is 63.1 Å². The molecule has 0 N–H and O–H groups in total. The van der Waals surface area contributed by atoms with Gasteiger partial charge in [0.15, 0.2) is 11.4 Å². The second kappa shape index (κ2) is 7.11. The first kappa shape index (κ1) is 17.1. The first-order valence-corrected chi connectivity index (χ1v) is 8.81. The molecule has 2 aromatic rings. The van der Waals surface area contributed by atoms with Crippen LogP contribution in [0.5, 0.6) is 0 Å². The van der Waals surface area contributed by atoms with E-state index >= 15 is 0 Å². The number of aliphatic imine (C=N–C) groups is 2. The number of amides is 2. The molecule has 0 saturated heterocycles. The average molecular weight is 362 g/mol. The summed E-state index contributed by atoms with van der Waals surface area (Å²) < 4.78 is 5.26. The minimum absolute atomic E-state index is 0.117. The van der Waals surface area contributed by atoms with Crippen LogP contribution in [0.25, 0.3) is 11.0 Å². The highest BCUT2D eigenvalue weighted by Gasteiger charge is 2.27. The Labute approximate surface area is 155 Å². The number of allylic oxidation sites excluding steroid dienone is 3. The van der Waals surface area contributed by atoms with Crippen LogP contribution in [-0.4, -0.2) is 46.5 Å². The average Bonchev–Trinajstić information content (AvgIpc) is 3.09. The van der Waals surface area contributed by atoms with E-state index in [2.05, 4.69) is 15.1 Å². The van der Waals surface area contributed by atoms with Gasteiger partial charge in [-0.3, -0.25) is 9.59 Å². The number of amidine groups is 1. The minimum atomic E-state index is -0.411. The van der Waals surface area contributed by atoms with Gasteiger partial charge in [0.05, 0.1) is 18.7 Å². The number of likely N-dealkylation sites (N-methyl/N-ethyl adjacent to an activating group) is 1. The van der Waals surface area contributed by atoms with Crippen molar-refractivity contribution in [2.75, 3.05) is 13.1 Å². The standard InChI is InChI=1S/C20H18N4O3/c1-2-24(12-18-21-15-9-5-3-8-14(15)20(26)22-18)19(25)11-16-13-7-4-6-10-17(13)27-23-16/h3-10,14H,2,11-12H2,1H3. The van der Waals surface area contributed by atoms with Crippen LogP contribution in [0.4, 0.5) is 0 Å². The molecule has 136 valence electrons. The lowest BCUT2D eigenvalue weighted by atomic mass is 9.96. The Kier molecular flexibility index (Phi) is 4.50. The van der Waals surface area contributed by atoms with Gasteiger partial charge in [0.25, 0.3) is 5.91 Å². The van der Waals surface area contributed by atoms with Crippen molar-refractivity contribution in [1.82, 2.24) is 10.1 Å². The number of carbonyl (C=O) groups is 2. The SMILES string of the molecule is CCN(CC1=NC(=O)C2C=CC=CC2=N1)C(=O)Cc1noc2ccccc12. The molecule has 2 amide bonds. The predicted octanol–water partition coefficient (Wildman–Crippen LogP) is 2.34. The Morgan fingerprint density at radius 3 is 2.93 bits per heavy atom. The number of fused-ring (bicyclic) bond motifs is 2. The van der Waals surface area contributed by atoms with E-state index in [0.717, 1.165) is 5.39 Å². The van der Waals surface area contributed by atoms with E-state index in [9.17, 15) is 9.59 Å². The van der Waals surface area contributed by atoms with Gasteiger partial charge in [0.1, 0.15) is 11.6 Å². The van der Waals surface area contributed by atoms with Crippen molar-refractivity contribution in [1.29, 1.82) is 0 Å². The maximum Gasteiger partial charge on any atom is 0.260 e. The van der Waals surface area contributed by atoms with Crippen LogP contribution in [0.2, 0.25) is 0 Å². The second-order valence-electron chi connectivity index (χ2n) is 6.33. The summed E-state index contributed by atoms with van der Waals surface area (Å²) >= 11 is 0. The Morgan fingerprint density at radius 2 is 2.07 bits per heavy atom. The minimum Gasteiger partial charge on any atom is -0.356 e. The third-order valence-electron chi connectivity index (χ3n) is 4.60. The molecule has 1 aromatic carbocycles. The molecule has 0 radical (unpaired) electrons. The summed E-state index contributed by atoms with van der Waals surface area (Å²) in [5, 5.41) is 4.84. The van der Waals surface area contributed by atoms with Crippen molar-refractivity contribution in [3.05, 3.63) is 54.3 Å². The van der Waals surface area contributed by atoms with Crippen LogP contribution in [0, 0.1) is 5.92 Å². The van der Waals surface area contributed by atoms with Crippen LogP contribution >= 0.6 is 0 Å². The molecule has 2 heterocycles. The maximum absolute atomic E-state index is 12.8. The van der Waals surface area contributed by atoms with Crippen LogP contribution in [0.1, 0.15) is 12.6 Å². The van der Waals surface area contributed by atoms with E-state index < -0.39 is 5.92 Å². The monoisotopic (exact) mass is 362 g/mol. The molecule has 0 fully saturated rings. The molecule has 1 unspecified atom stereocenters. The van der Waals surface area contributed by atoms with E-state index in [0.29, 0.717) is 29.4 Å². The second-order valence-corrected chi connectivity index (χ2v) is 6.33. The molecule has 1 atom stereocenters. The van der Waals surface area contributed by atoms with Gasteiger partial charge in [-0.15, -0.1) is 0 Å². The molecule has 7 heteroatoms. The largest absolute Gasteiger partial charge is 0.356 e. The summed E-state index contributed by atoms with van der Waals surface area (Å²) in [5.74, 6) is -0.424. The molecule has 2 aliphatic rings. The fourth-order valence-electron chi connectivity index (χ4n) is 3.16. The van der Waals surface area contributed by atoms with E-state index in [1.54, 1.807) is 17.1 Å². The molecule has 7 nitrogen and oxygen atoms in total. The number of nitrogens with zero attached hydrogens (tertiary/aromatic N) is 4. The van der Waals surface area contributed by atoms with E-state index in [1.807, 2.05) is 43.3 Å². The number of carbonyl (C=O) groups excluding carboxylic acids is 2. The van der Waals surface area contributed by atoms with Crippen molar-refractivity contribution >= 4 is 34.3 Å². The van der Waals surface area contributed by atoms with E-state index in [4.69, 9.17) is 4.52 Å². The molecular weight excluding hydrogens is 344 g/mol. The molecule has 0 spiro atoms. The highest BCUT2D eigenvalue weighted by atomic mass is 16.5. The zero-order chi connectivity index (χ0) is 18.8. The number of benzene rings is 1. The lowest BCUT2D eigenvalue weighted by Crippen LogP contribution is -2.38. The highest BCUT2D eigenvalue weighted by molar-refractivity contribution is 6.21. The predicted molar refractivity (Wildman–Crippen MR) is 102 cm³/mol. The third kappa shape index (κ3) is 3.36. The normalized spacial score (nSPS) is 18.3. The molecule has 1 aliphatic carbocycles. The summed E-state index contributed by atoms with van der Waals surface area (Å²) in [6.45, 7) is 2.54. The smallest absolute Gasteiger partial charge is 0.260 e. The maximum atomic E-state index is 12.8. The number of rotatable bonds is 5. The summed E-state index contributed by atoms with van der Waals surface area (Å²) in [5.41, 5.74) is 1.92. The molecule has 0 saturated carbocycles. The molecule has 4 rings (SSSR count). The quantitative estimate of drug-likeness (QED) is 0.817. The van der Waals surface area contributed by atoms with Crippen LogP contribution < -0.4 is 0 Å². The van der Waals surface area contributed by atoms with Gasteiger partial charge in [0.2, 0.25) is 5.91 Å². The van der Waals surface area contributed by atoms with Crippen LogP contribution in [0.3, 0.4) is 0 Å². The fourth-order valence-corrected chi connectivity index (χ4v) is 3.16. The van der Waals surface area contributed by atoms with Crippen molar-refractivity contribution in [3.63, 3.8) is 0 Å². The first-order valence-electron chi connectivity index (χ1n) is 8.81. The Balaban J connectivity index is 1.50. The number of para-hydroxylation sites is 1. The number of hydrogen-bond acceptors (Lipinski definition) is 5. The van der Waals surface area contributed by atoms with Gasteiger partial charge in [-0.25, -0.2) is 4.99 Å². The number of hydrogen-bond donors (Lipinski definition) is 0. The van der Waals surface area contributed by atoms with E-state index in [1.165, 1.54) is 0 Å². The lowest BCUT2D eigenvalue weighted by Gasteiger charge is -2.23. The highest BCUT2D eigenvalue weighted by Crippen LogP contribution is 2.19. The summed E-state index contributed by atoms with van der Waals surface area (Å²) in [6.07, 6.45) is 7.35. The molecular formula is C20H18N4O3. The van der Waals surface area contributed by atoms with Gasteiger partial charge >= 0.3 is 0 Å². The summed E-state index contributed by atoms with van der Waals surface area (Å²) in [7, 11) is 0. The topological polar surface area (TPSA) is 88.1 Å². The van der Waals surface area contributed by atoms with Crippen LogP contribution in [-0.2, 0) is 16.0 Å². The molecule has 0 bridgehead atoms. The summed E-state index contributed by atoms with van der Waals surface area (Å²) in [4.78, 5) is 35.1. The fraction of sp³-hybridized carbons (Fsp3) is 0.250. The van der Waals surface area contributed by atoms with Crippen molar-refractivity contribution in [2.24, 2.45) is 15.9 Å². The molecule has 1 aliphatic heterocycles.